The second kappa shape index (κ2) is 9.50. The Kier molecular flexibility index (Phi) is 8.38. The summed E-state index contributed by atoms with van der Waals surface area (Å²) in [4.78, 5) is 12.3. The van der Waals surface area contributed by atoms with Crippen molar-refractivity contribution in [3.8, 4) is 0 Å². The molecule has 0 aromatic heterocycles. The van der Waals surface area contributed by atoms with Crippen molar-refractivity contribution in [3.05, 3.63) is 0 Å². The van der Waals surface area contributed by atoms with E-state index in [2.05, 4.69) is 0 Å². The third-order valence-corrected chi connectivity index (χ3v) is 5.23. The fraction of sp³-hybridized carbons (Fsp3) is 0.933. The molecule has 0 aliphatic heterocycles. The van der Waals surface area contributed by atoms with E-state index in [-0.39, 0.29) is 6.61 Å². The molecule has 21 heavy (non-hydrogen) atoms. The molecular weight excluding hydrogens is 291 g/mol. The summed E-state index contributed by atoms with van der Waals surface area (Å²) < 4.78 is 22.4. The normalized spacial score (nSPS) is 20.9. The van der Waals surface area contributed by atoms with E-state index in [1.54, 1.807) is 13.8 Å². The van der Waals surface area contributed by atoms with Crippen LogP contribution in [0.1, 0.15) is 52.4 Å². The van der Waals surface area contributed by atoms with Gasteiger partial charge < -0.3 is 14.6 Å². The highest BCUT2D eigenvalue weighted by atomic mass is 31.1. The van der Waals surface area contributed by atoms with Crippen LogP contribution in [0.3, 0.4) is 0 Å². The molecule has 0 aromatic carbocycles. The van der Waals surface area contributed by atoms with Crippen LogP contribution in [0.4, 0.5) is 0 Å². The van der Waals surface area contributed by atoms with Crippen LogP contribution in [0.2, 0.25) is 0 Å². The lowest BCUT2D eigenvalue weighted by atomic mass is 9.81. The average molecular weight is 319 g/mol. The Hall–Kier alpha value is -0.510. The van der Waals surface area contributed by atoms with Crippen molar-refractivity contribution in [1.82, 2.24) is 0 Å². The molecule has 6 heteroatoms. The molecule has 1 aliphatic carbocycles. The number of carbonyl (C=O) groups excluding carboxylic acids is 1. The zero-order chi connectivity index (χ0) is 15.7. The first-order valence-electron chi connectivity index (χ1n) is 7.94. The lowest BCUT2D eigenvalue weighted by Gasteiger charge is -2.31. The molecule has 5 nitrogen and oxygen atoms in total. The number of ether oxygens (including phenoxy) is 2. The van der Waals surface area contributed by atoms with Crippen LogP contribution in [0.25, 0.3) is 0 Å². The summed E-state index contributed by atoms with van der Waals surface area (Å²) in [5.74, 6) is -0.661. The molecule has 122 valence electrons. The molecule has 0 radical (unpaired) electrons. The first kappa shape index (κ1) is 18.5. The van der Waals surface area contributed by atoms with Crippen LogP contribution in [-0.4, -0.2) is 36.2 Å². The Bertz CT molecular complexity index is 330. The molecule has 0 amide bonds. The SMILES string of the molecule is CCOC(=O)C(CC1CCCCC1)C(CO)(OCC)[PH+]=O. The van der Waals surface area contributed by atoms with Crippen LogP contribution in [0, 0.1) is 11.8 Å². The first-order valence-corrected chi connectivity index (χ1v) is 8.85. The van der Waals surface area contributed by atoms with Gasteiger partial charge in [0.25, 0.3) is 5.34 Å². The lowest BCUT2D eigenvalue weighted by molar-refractivity contribution is -0.160. The predicted octanol–water partition coefficient (Wildman–Crippen LogP) is 2.89. The second-order valence-corrected chi connectivity index (χ2v) is 6.68. The highest BCUT2D eigenvalue weighted by molar-refractivity contribution is 7.25. The third-order valence-electron chi connectivity index (χ3n) is 4.24. The van der Waals surface area contributed by atoms with Crippen molar-refractivity contribution in [2.75, 3.05) is 19.8 Å². The molecule has 1 aliphatic rings. The molecule has 0 bridgehead atoms. The van der Waals surface area contributed by atoms with Crippen LogP contribution in [-0.2, 0) is 18.8 Å². The number of aliphatic hydroxyl groups is 1. The number of aliphatic hydroxyl groups excluding tert-OH is 1. The van der Waals surface area contributed by atoms with Gasteiger partial charge in [-0.15, -0.1) is 0 Å². The molecular formula is C15H28O5P+. The summed E-state index contributed by atoms with van der Waals surface area (Å²) in [5.41, 5.74) is 0. The topological polar surface area (TPSA) is 72.8 Å². The van der Waals surface area contributed by atoms with Gasteiger partial charge in [-0.1, -0.05) is 36.7 Å². The maximum absolute atomic E-state index is 12.3. The Balaban J connectivity index is 2.92. The predicted molar refractivity (Wildman–Crippen MR) is 81.8 cm³/mol. The average Bonchev–Trinajstić information content (AvgIpc) is 2.52. The minimum Gasteiger partial charge on any atom is -0.466 e. The van der Waals surface area contributed by atoms with Gasteiger partial charge in [0.05, 0.1) is 6.61 Å². The van der Waals surface area contributed by atoms with Crippen molar-refractivity contribution in [3.63, 3.8) is 0 Å². The summed E-state index contributed by atoms with van der Waals surface area (Å²) in [6.45, 7) is 3.66. The monoisotopic (exact) mass is 319 g/mol. The van der Waals surface area contributed by atoms with Crippen LogP contribution in [0.15, 0.2) is 0 Å². The van der Waals surface area contributed by atoms with Gasteiger partial charge in [0.2, 0.25) is 0 Å². The smallest absolute Gasteiger partial charge is 0.363 e. The molecule has 1 fully saturated rings. The van der Waals surface area contributed by atoms with Crippen LogP contribution >= 0.6 is 8.46 Å². The van der Waals surface area contributed by atoms with Crippen molar-refractivity contribution in [1.29, 1.82) is 0 Å². The van der Waals surface area contributed by atoms with Crippen LogP contribution < -0.4 is 0 Å². The molecule has 3 atom stereocenters. The van der Waals surface area contributed by atoms with E-state index >= 15 is 0 Å². The first-order chi connectivity index (χ1) is 10.1. The van der Waals surface area contributed by atoms with Crippen molar-refractivity contribution >= 4 is 14.4 Å². The summed E-state index contributed by atoms with van der Waals surface area (Å²) >= 11 is 0. The van der Waals surface area contributed by atoms with Gasteiger partial charge in [0.15, 0.2) is 0 Å². The molecule has 1 N–H and O–H groups in total. The van der Waals surface area contributed by atoms with E-state index in [4.69, 9.17) is 9.47 Å². The second-order valence-electron chi connectivity index (χ2n) is 5.63. The molecule has 0 saturated heterocycles. The number of rotatable bonds is 9. The fourth-order valence-corrected chi connectivity index (χ4v) is 3.77. The quantitative estimate of drug-likeness (QED) is 0.522. The summed E-state index contributed by atoms with van der Waals surface area (Å²) in [5, 5.41) is 8.38. The molecule has 0 aromatic rings. The molecule has 3 unspecified atom stereocenters. The Morgan fingerprint density at radius 3 is 2.43 bits per heavy atom. The van der Waals surface area contributed by atoms with Gasteiger partial charge in [0.1, 0.15) is 12.5 Å². The number of carbonyl (C=O) groups is 1. The standard InChI is InChI=1S/C15H27O5P/c1-3-19-14(17)13(10-12-8-6-5-7-9-12)15(11-16,21-18)20-4-2/h12-13,16H,3-11H2,1-2H3/p+1. The van der Waals surface area contributed by atoms with Gasteiger partial charge in [-0.2, -0.15) is 0 Å². The Labute approximate surface area is 128 Å². The van der Waals surface area contributed by atoms with E-state index in [9.17, 15) is 14.5 Å². The van der Waals surface area contributed by atoms with E-state index in [0.717, 1.165) is 12.8 Å². The third kappa shape index (κ3) is 5.01. The molecule has 0 heterocycles. The van der Waals surface area contributed by atoms with Gasteiger partial charge in [-0.25, -0.2) is 0 Å². The maximum Gasteiger partial charge on any atom is 0.363 e. The Morgan fingerprint density at radius 1 is 1.29 bits per heavy atom. The van der Waals surface area contributed by atoms with E-state index in [1.165, 1.54) is 19.3 Å². The largest absolute Gasteiger partial charge is 0.466 e. The maximum atomic E-state index is 12.3. The van der Waals surface area contributed by atoms with Crippen molar-refractivity contribution in [2.45, 2.75) is 57.7 Å². The van der Waals surface area contributed by atoms with Crippen molar-refractivity contribution in [2.24, 2.45) is 11.8 Å². The van der Waals surface area contributed by atoms with Gasteiger partial charge >= 0.3 is 14.4 Å². The van der Waals surface area contributed by atoms with Crippen molar-refractivity contribution < 1.29 is 23.9 Å². The lowest BCUT2D eigenvalue weighted by Crippen LogP contribution is -2.45. The summed E-state index contributed by atoms with van der Waals surface area (Å²) in [6, 6.07) is 0. The molecule has 1 saturated carbocycles. The highest BCUT2D eigenvalue weighted by Crippen LogP contribution is 2.40. The summed E-state index contributed by atoms with van der Waals surface area (Å²) in [6.07, 6.45) is 6.30. The Morgan fingerprint density at radius 2 is 1.95 bits per heavy atom. The van der Waals surface area contributed by atoms with E-state index in [0.29, 0.717) is 18.9 Å². The fourth-order valence-electron chi connectivity index (χ4n) is 3.12. The minimum atomic E-state index is -1.32. The van der Waals surface area contributed by atoms with Gasteiger partial charge in [-0.3, -0.25) is 4.79 Å². The molecule has 1 rings (SSSR count). The number of hydrogen-bond donors (Lipinski definition) is 1. The van der Waals surface area contributed by atoms with E-state index < -0.39 is 32.3 Å². The van der Waals surface area contributed by atoms with Gasteiger partial charge in [0, 0.05) is 6.61 Å². The van der Waals surface area contributed by atoms with Crippen LogP contribution in [0.5, 0.6) is 0 Å². The number of hydrogen-bond acceptors (Lipinski definition) is 5. The summed E-state index contributed by atoms with van der Waals surface area (Å²) in [7, 11) is -0.898. The molecule has 0 spiro atoms. The zero-order valence-electron chi connectivity index (χ0n) is 13.1. The van der Waals surface area contributed by atoms with E-state index in [1.807, 2.05) is 0 Å². The number of esters is 1. The highest BCUT2D eigenvalue weighted by Gasteiger charge is 2.53. The zero-order valence-corrected chi connectivity index (χ0v) is 14.1. The minimum absolute atomic E-state index is 0.273. The van der Waals surface area contributed by atoms with Gasteiger partial charge in [-0.05, 0) is 26.2 Å².